The summed E-state index contributed by atoms with van der Waals surface area (Å²) in [5, 5.41) is 11.8. The van der Waals surface area contributed by atoms with Gasteiger partial charge in [0.1, 0.15) is 6.04 Å². The minimum absolute atomic E-state index is 0.00968. The van der Waals surface area contributed by atoms with Gasteiger partial charge >= 0.3 is 11.9 Å². The summed E-state index contributed by atoms with van der Waals surface area (Å²) in [6, 6.07) is -0.500. The van der Waals surface area contributed by atoms with Gasteiger partial charge in [0, 0.05) is 12.7 Å². The zero-order valence-electron chi connectivity index (χ0n) is 8.43. The molecule has 1 fully saturated rings. The summed E-state index contributed by atoms with van der Waals surface area (Å²) in [6.45, 7) is 3.23. The quantitative estimate of drug-likeness (QED) is 0.712. The van der Waals surface area contributed by atoms with Crippen molar-refractivity contribution in [3.05, 3.63) is 0 Å². The molecule has 1 aliphatic heterocycles. The first-order valence-electron chi connectivity index (χ1n) is 4.45. The Balaban J connectivity index is 2.33. The van der Waals surface area contributed by atoms with Crippen LogP contribution in [-0.4, -0.2) is 39.5 Å². The van der Waals surface area contributed by atoms with Gasteiger partial charge in [0.2, 0.25) is 0 Å². The Hall–Kier alpha value is -0.400. The molecule has 7 heteroatoms. The van der Waals surface area contributed by atoms with Crippen LogP contribution in [0.5, 0.6) is 0 Å². The number of hydrogen-bond acceptors (Lipinski definition) is 6. The van der Waals surface area contributed by atoms with Gasteiger partial charge in [0.15, 0.2) is 0 Å². The van der Waals surface area contributed by atoms with Crippen molar-refractivity contribution in [1.82, 2.24) is 5.32 Å². The van der Waals surface area contributed by atoms with E-state index in [2.05, 4.69) is 5.32 Å². The Morgan fingerprint density at radius 1 is 1.67 bits per heavy atom. The number of rotatable bonds is 4. The summed E-state index contributed by atoms with van der Waals surface area (Å²) in [7, 11) is 0. The molecule has 0 saturated carbocycles. The predicted octanol–water partition coefficient (Wildman–Crippen LogP) is 0.702. The van der Waals surface area contributed by atoms with Gasteiger partial charge in [0.05, 0.1) is 22.7 Å². The molecule has 1 saturated heterocycles. The number of carboxylic acid groups (broad SMARTS) is 1. The number of carbonyl (C=O) groups excluding carboxylic acids is 1. The lowest BCUT2D eigenvalue weighted by molar-refractivity contribution is -0.138. The molecule has 2 N–H and O–H groups in total. The first-order chi connectivity index (χ1) is 7.00. The lowest BCUT2D eigenvalue weighted by Crippen LogP contribution is -2.39. The van der Waals surface area contributed by atoms with Gasteiger partial charge < -0.3 is 9.29 Å². The molecule has 0 bridgehead atoms. The highest BCUT2D eigenvalue weighted by Gasteiger charge is 2.33. The third-order valence-corrected chi connectivity index (χ3v) is 4.36. The van der Waals surface area contributed by atoms with E-state index in [9.17, 15) is 9.59 Å². The van der Waals surface area contributed by atoms with Gasteiger partial charge in [0.25, 0.3) is 0 Å². The van der Waals surface area contributed by atoms with Crippen LogP contribution in [0.2, 0.25) is 0 Å². The molecule has 0 radical (unpaired) electrons. The first kappa shape index (κ1) is 12.7. The average molecular weight is 251 g/mol. The summed E-state index contributed by atoms with van der Waals surface area (Å²) in [5.74, 6) is -0.635. The van der Waals surface area contributed by atoms with Gasteiger partial charge in [-0.3, -0.25) is 14.9 Å². The van der Waals surface area contributed by atoms with Gasteiger partial charge in [-0.15, -0.1) is 11.8 Å². The van der Waals surface area contributed by atoms with Crippen LogP contribution in [-0.2, 0) is 13.8 Å². The van der Waals surface area contributed by atoms with Crippen molar-refractivity contribution >= 4 is 35.7 Å². The molecule has 1 aliphatic rings. The highest BCUT2D eigenvalue weighted by atomic mass is 32.2. The molecule has 86 valence electrons. The van der Waals surface area contributed by atoms with Crippen molar-refractivity contribution in [3.63, 3.8) is 0 Å². The zero-order chi connectivity index (χ0) is 11.4. The summed E-state index contributed by atoms with van der Waals surface area (Å²) < 4.78 is 4.79. The molecule has 0 aromatic heterocycles. The van der Waals surface area contributed by atoms with E-state index in [-0.39, 0.29) is 16.6 Å². The van der Waals surface area contributed by atoms with Crippen LogP contribution in [0.3, 0.4) is 0 Å². The monoisotopic (exact) mass is 251 g/mol. The van der Waals surface area contributed by atoms with E-state index in [4.69, 9.17) is 9.29 Å². The minimum Gasteiger partial charge on any atom is -0.480 e. The smallest absolute Gasteiger partial charge is 0.321 e. The molecule has 0 aromatic rings. The Kier molecular flexibility index (Phi) is 4.75. The fourth-order valence-corrected chi connectivity index (χ4v) is 3.11. The van der Waals surface area contributed by atoms with E-state index in [0.29, 0.717) is 5.75 Å². The molecular weight excluding hydrogens is 238 g/mol. The highest BCUT2D eigenvalue weighted by molar-refractivity contribution is 8.02. The molecule has 0 spiro atoms. The van der Waals surface area contributed by atoms with Crippen LogP contribution >= 0.6 is 23.8 Å². The van der Waals surface area contributed by atoms with Crippen LogP contribution < -0.4 is 5.32 Å². The van der Waals surface area contributed by atoms with Crippen LogP contribution in [0.15, 0.2) is 0 Å². The molecule has 3 unspecified atom stereocenters. The third kappa shape index (κ3) is 3.92. The number of hydrogen-bond donors (Lipinski definition) is 2. The maximum absolute atomic E-state index is 10.7. The Morgan fingerprint density at radius 3 is 2.80 bits per heavy atom. The predicted molar refractivity (Wildman–Crippen MR) is 59.6 cm³/mol. The topological polar surface area (TPSA) is 75.6 Å². The van der Waals surface area contributed by atoms with Crippen LogP contribution in [0, 0.1) is 0 Å². The zero-order valence-corrected chi connectivity index (χ0v) is 10.1. The van der Waals surface area contributed by atoms with Crippen molar-refractivity contribution in [2.75, 3.05) is 5.75 Å². The molecule has 0 aliphatic carbocycles. The van der Waals surface area contributed by atoms with E-state index in [1.54, 1.807) is 0 Å². The first-order valence-corrected chi connectivity index (χ1v) is 6.30. The lowest BCUT2D eigenvalue weighted by Gasteiger charge is -2.16. The summed E-state index contributed by atoms with van der Waals surface area (Å²) in [6.07, 6.45) is 0. The molecule has 0 amide bonds. The second kappa shape index (κ2) is 5.62. The Morgan fingerprint density at radius 2 is 2.33 bits per heavy atom. The minimum atomic E-state index is -0.838. The summed E-state index contributed by atoms with van der Waals surface area (Å²) in [4.78, 5) is 21.2. The number of carboxylic acids is 1. The van der Waals surface area contributed by atoms with Crippen LogP contribution in [0.4, 0.5) is 0 Å². The van der Waals surface area contributed by atoms with Gasteiger partial charge in [-0.1, -0.05) is 0 Å². The molecule has 15 heavy (non-hydrogen) atoms. The standard InChI is InChI=1S/C8H13NO4S2/c1-4(15-13-5(2)10)7-9-6(3-14-7)8(11)12/h4,6-7,9H,3H2,1-2H3,(H,11,12). The van der Waals surface area contributed by atoms with Gasteiger partial charge in [-0.25, -0.2) is 0 Å². The number of aliphatic carboxylic acids is 1. The van der Waals surface area contributed by atoms with Crippen molar-refractivity contribution in [2.24, 2.45) is 0 Å². The Bertz CT molecular complexity index is 261. The number of nitrogens with one attached hydrogen (secondary N) is 1. The summed E-state index contributed by atoms with van der Waals surface area (Å²) in [5.41, 5.74) is 0. The van der Waals surface area contributed by atoms with Crippen molar-refractivity contribution in [1.29, 1.82) is 0 Å². The molecule has 5 nitrogen and oxygen atoms in total. The maximum Gasteiger partial charge on any atom is 0.321 e. The van der Waals surface area contributed by atoms with Crippen LogP contribution in [0.25, 0.3) is 0 Å². The van der Waals surface area contributed by atoms with Crippen LogP contribution in [0.1, 0.15) is 13.8 Å². The third-order valence-electron chi connectivity index (χ3n) is 1.85. The highest BCUT2D eigenvalue weighted by Crippen LogP contribution is 2.28. The lowest BCUT2D eigenvalue weighted by atomic mass is 10.3. The van der Waals surface area contributed by atoms with E-state index >= 15 is 0 Å². The number of thioether (sulfide) groups is 1. The molecule has 1 rings (SSSR count). The molecular formula is C8H13NO4S2. The SMILES string of the molecule is CC(=O)OSC(C)C1NC(C(=O)O)CS1. The average Bonchev–Trinajstić information content (AvgIpc) is 2.62. The van der Waals surface area contributed by atoms with E-state index in [1.807, 2.05) is 6.92 Å². The summed E-state index contributed by atoms with van der Waals surface area (Å²) >= 11 is 2.60. The number of carbonyl (C=O) groups is 2. The largest absolute Gasteiger partial charge is 0.480 e. The van der Waals surface area contributed by atoms with Crippen molar-refractivity contribution in [3.8, 4) is 0 Å². The fraction of sp³-hybridized carbons (Fsp3) is 0.750. The van der Waals surface area contributed by atoms with E-state index < -0.39 is 12.0 Å². The second-order valence-corrected chi connectivity index (χ2v) is 5.46. The maximum atomic E-state index is 10.7. The normalized spacial score (nSPS) is 27.3. The second-order valence-electron chi connectivity index (χ2n) is 3.19. The van der Waals surface area contributed by atoms with Crippen molar-refractivity contribution < 1.29 is 18.9 Å². The fourth-order valence-electron chi connectivity index (χ4n) is 1.10. The van der Waals surface area contributed by atoms with E-state index in [0.717, 1.165) is 12.0 Å². The van der Waals surface area contributed by atoms with Crippen molar-refractivity contribution in [2.45, 2.75) is 30.5 Å². The van der Waals surface area contributed by atoms with E-state index in [1.165, 1.54) is 18.7 Å². The molecule has 3 atom stereocenters. The Labute approximate surface area is 96.5 Å². The van der Waals surface area contributed by atoms with Gasteiger partial charge in [-0.05, 0) is 6.92 Å². The van der Waals surface area contributed by atoms with Gasteiger partial charge in [-0.2, -0.15) is 0 Å². The molecule has 1 heterocycles. The molecule has 0 aromatic carbocycles.